The highest BCUT2D eigenvalue weighted by Crippen LogP contribution is 2.16. The van der Waals surface area contributed by atoms with Gasteiger partial charge in [-0.25, -0.2) is 13.1 Å². The summed E-state index contributed by atoms with van der Waals surface area (Å²) >= 11 is 0. The standard InChI is InChI=1S/C13H18N4O2S/c1-17(2)10-12(11-6-4-3-5-7-11)16-20(18,19)13-8-9-14-15-13/h3-9,12,16H,10H2,1-2H3,(H,14,15). The van der Waals surface area contributed by atoms with Gasteiger partial charge in [-0.3, -0.25) is 5.10 Å². The van der Waals surface area contributed by atoms with Crippen molar-refractivity contribution in [2.45, 2.75) is 11.1 Å². The van der Waals surface area contributed by atoms with E-state index in [0.29, 0.717) is 6.54 Å². The monoisotopic (exact) mass is 294 g/mol. The number of nitrogens with one attached hydrogen (secondary N) is 2. The van der Waals surface area contributed by atoms with Gasteiger partial charge in [0.25, 0.3) is 10.0 Å². The van der Waals surface area contributed by atoms with Crippen LogP contribution < -0.4 is 4.72 Å². The lowest BCUT2D eigenvalue weighted by Gasteiger charge is -2.22. The lowest BCUT2D eigenvalue weighted by Crippen LogP contribution is -2.35. The van der Waals surface area contributed by atoms with Gasteiger partial charge in [0.05, 0.1) is 12.2 Å². The van der Waals surface area contributed by atoms with E-state index in [2.05, 4.69) is 14.9 Å². The van der Waals surface area contributed by atoms with Crippen LogP contribution in [0.3, 0.4) is 0 Å². The van der Waals surface area contributed by atoms with Gasteiger partial charge in [0, 0.05) is 6.54 Å². The highest BCUT2D eigenvalue weighted by molar-refractivity contribution is 7.89. The van der Waals surface area contributed by atoms with Crippen LogP contribution in [0.4, 0.5) is 0 Å². The molecule has 1 heterocycles. The zero-order chi connectivity index (χ0) is 14.6. The van der Waals surface area contributed by atoms with Gasteiger partial charge in [-0.15, -0.1) is 0 Å². The van der Waals surface area contributed by atoms with Gasteiger partial charge < -0.3 is 4.90 Å². The Bertz CT molecular complexity index is 624. The maximum atomic E-state index is 12.3. The third-order valence-electron chi connectivity index (χ3n) is 2.81. The number of rotatable bonds is 6. The Hall–Kier alpha value is -1.70. The molecule has 0 saturated heterocycles. The third-order valence-corrected chi connectivity index (χ3v) is 4.21. The summed E-state index contributed by atoms with van der Waals surface area (Å²) in [4.78, 5) is 1.94. The van der Waals surface area contributed by atoms with Crippen molar-refractivity contribution in [1.82, 2.24) is 19.8 Å². The van der Waals surface area contributed by atoms with Crippen molar-refractivity contribution in [2.75, 3.05) is 20.6 Å². The van der Waals surface area contributed by atoms with E-state index in [1.54, 1.807) is 0 Å². The molecule has 6 nitrogen and oxygen atoms in total. The minimum Gasteiger partial charge on any atom is -0.307 e. The van der Waals surface area contributed by atoms with Crippen LogP contribution in [-0.4, -0.2) is 44.2 Å². The molecule has 2 rings (SSSR count). The second kappa shape index (κ2) is 6.17. The topological polar surface area (TPSA) is 78.1 Å². The first-order valence-electron chi connectivity index (χ1n) is 6.20. The fourth-order valence-corrected chi connectivity index (χ4v) is 3.03. The van der Waals surface area contributed by atoms with E-state index in [0.717, 1.165) is 5.56 Å². The van der Waals surface area contributed by atoms with Crippen LogP contribution in [0.2, 0.25) is 0 Å². The van der Waals surface area contributed by atoms with Crippen LogP contribution in [0.1, 0.15) is 11.6 Å². The van der Waals surface area contributed by atoms with E-state index in [1.807, 2.05) is 49.3 Å². The fourth-order valence-electron chi connectivity index (χ4n) is 1.90. The number of benzene rings is 1. The van der Waals surface area contributed by atoms with Gasteiger partial charge in [-0.05, 0) is 25.7 Å². The van der Waals surface area contributed by atoms with Crippen molar-refractivity contribution in [3.05, 3.63) is 48.2 Å². The Morgan fingerprint density at radius 1 is 1.25 bits per heavy atom. The highest BCUT2D eigenvalue weighted by Gasteiger charge is 2.22. The maximum absolute atomic E-state index is 12.3. The van der Waals surface area contributed by atoms with Gasteiger partial charge in [-0.2, -0.15) is 5.10 Å². The Balaban J connectivity index is 2.25. The fraction of sp³-hybridized carbons (Fsp3) is 0.308. The summed E-state index contributed by atoms with van der Waals surface area (Å²) in [6.45, 7) is 0.567. The second-order valence-corrected chi connectivity index (χ2v) is 6.45. The number of likely N-dealkylation sites (N-methyl/N-ethyl adjacent to an activating group) is 1. The van der Waals surface area contributed by atoms with Crippen molar-refractivity contribution in [3.8, 4) is 0 Å². The number of aromatic nitrogens is 2. The summed E-state index contributed by atoms with van der Waals surface area (Å²) in [6, 6.07) is 10.6. The smallest absolute Gasteiger partial charge is 0.258 e. The molecule has 0 saturated carbocycles. The van der Waals surface area contributed by atoms with E-state index in [9.17, 15) is 8.42 Å². The molecule has 2 N–H and O–H groups in total. The van der Waals surface area contributed by atoms with Crippen molar-refractivity contribution in [1.29, 1.82) is 0 Å². The van der Waals surface area contributed by atoms with E-state index in [-0.39, 0.29) is 11.1 Å². The Labute approximate surface area is 118 Å². The number of nitrogens with zero attached hydrogens (tertiary/aromatic N) is 2. The number of sulfonamides is 1. The first-order valence-corrected chi connectivity index (χ1v) is 7.69. The van der Waals surface area contributed by atoms with Gasteiger partial charge in [0.2, 0.25) is 0 Å². The zero-order valence-corrected chi connectivity index (χ0v) is 12.3. The largest absolute Gasteiger partial charge is 0.307 e. The number of hydrogen-bond acceptors (Lipinski definition) is 4. The van der Waals surface area contributed by atoms with Crippen LogP contribution in [-0.2, 0) is 10.0 Å². The van der Waals surface area contributed by atoms with Crippen LogP contribution in [0.15, 0.2) is 47.6 Å². The summed E-state index contributed by atoms with van der Waals surface area (Å²) < 4.78 is 27.2. The molecule has 0 amide bonds. The van der Waals surface area contributed by atoms with Crippen LogP contribution in [0.25, 0.3) is 0 Å². The molecule has 1 aromatic carbocycles. The second-order valence-electron chi connectivity index (χ2n) is 4.77. The molecule has 0 aliphatic carbocycles. The minimum atomic E-state index is -3.60. The van der Waals surface area contributed by atoms with Crippen molar-refractivity contribution in [2.24, 2.45) is 0 Å². The first-order chi connectivity index (χ1) is 9.49. The van der Waals surface area contributed by atoms with Crippen LogP contribution in [0.5, 0.6) is 0 Å². The minimum absolute atomic E-state index is 0.0668. The molecule has 20 heavy (non-hydrogen) atoms. The van der Waals surface area contributed by atoms with E-state index >= 15 is 0 Å². The maximum Gasteiger partial charge on any atom is 0.258 e. The summed E-state index contributed by atoms with van der Waals surface area (Å²) in [5.74, 6) is 0. The average Bonchev–Trinajstić information content (AvgIpc) is 2.93. The summed E-state index contributed by atoms with van der Waals surface area (Å²) in [5, 5.41) is 6.22. The molecular weight excluding hydrogens is 276 g/mol. The molecule has 1 atom stereocenters. The molecule has 0 aliphatic heterocycles. The molecular formula is C13H18N4O2S. The average molecular weight is 294 g/mol. The number of hydrogen-bond donors (Lipinski definition) is 2. The molecule has 0 radical (unpaired) electrons. The van der Waals surface area contributed by atoms with Gasteiger partial charge in [-0.1, -0.05) is 30.3 Å². The SMILES string of the molecule is CN(C)CC(NS(=O)(=O)c1ccn[nH]1)c1ccccc1. The predicted molar refractivity (Wildman–Crippen MR) is 76.6 cm³/mol. The number of aromatic amines is 1. The number of H-pyrrole nitrogens is 1. The first kappa shape index (κ1) is 14.7. The van der Waals surface area contributed by atoms with E-state index in [1.165, 1.54) is 12.3 Å². The Kier molecular flexibility index (Phi) is 4.53. The normalized spacial score (nSPS) is 13.6. The molecule has 2 aromatic rings. The molecule has 7 heteroatoms. The van der Waals surface area contributed by atoms with Gasteiger partial charge >= 0.3 is 0 Å². The van der Waals surface area contributed by atoms with Gasteiger partial charge in [0.1, 0.15) is 0 Å². The Morgan fingerprint density at radius 3 is 2.50 bits per heavy atom. The zero-order valence-electron chi connectivity index (χ0n) is 11.4. The predicted octanol–water partition coefficient (Wildman–Crippen LogP) is 0.991. The summed E-state index contributed by atoms with van der Waals surface area (Å²) in [5.41, 5.74) is 0.921. The van der Waals surface area contributed by atoms with E-state index in [4.69, 9.17) is 0 Å². The summed E-state index contributed by atoms with van der Waals surface area (Å²) in [6.07, 6.45) is 1.41. The van der Waals surface area contributed by atoms with Crippen LogP contribution >= 0.6 is 0 Å². The van der Waals surface area contributed by atoms with Crippen molar-refractivity contribution < 1.29 is 8.42 Å². The third kappa shape index (κ3) is 3.66. The molecule has 0 fully saturated rings. The molecule has 1 aromatic heterocycles. The van der Waals surface area contributed by atoms with Crippen molar-refractivity contribution >= 4 is 10.0 Å². The molecule has 0 spiro atoms. The molecule has 1 unspecified atom stereocenters. The quantitative estimate of drug-likeness (QED) is 0.833. The molecule has 108 valence electrons. The van der Waals surface area contributed by atoms with Gasteiger partial charge in [0.15, 0.2) is 5.03 Å². The molecule has 0 aliphatic rings. The summed E-state index contributed by atoms with van der Waals surface area (Å²) in [7, 11) is 0.202. The van der Waals surface area contributed by atoms with Crippen molar-refractivity contribution in [3.63, 3.8) is 0 Å². The van der Waals surface area contributed by atoms with E-state index < -0.39 is 10.0 Å². The highest BCUT2D eigenvalue weighted by atomic mass is 32.2. The lowest BCUT2D eigenvalue weighted by molar-refractivity contribution is 0.363. The van der Waals surface area contributed by atoms with Crippen LogP contribution in [0, 0.1) is 0 Å². The lowest BCUT2D eigenvalue weighted by atomic mass is 10.1. The molecule has 0 bridgehead atoms. The Morgan fingerprint density at radius 2 is 1.95 bits per heavy atom.